The van der Waals surface area contributed by atoms with Crippen LogP contribution in [0.5, 0.6) is 5.75 Å². The number of nitrogens with two attached hydrogens (primary N) is 1. The Morgan fingerprint density at radius 1 is 1.28 bits per heavy atom. The lowest BCUT2D eigenvalue weighted by atomic mass is 10.1. The van der Waals surface area contributed by atoms with Crippen molar-refractivity contribution in [2.24, 2.45) is 5.73 Å². The zero-order valence-electron chi connectivity index (χ0n) is 12.6. The molecule has 3 aromatic rings. The van der Waals surface area contributed by atoms with Crippen LogP contribution in [0.4, 0.5) is 0 Å². The highest BCUT2D eigenvalue weighted by Crippen LogP contribution is 2.37. The van der Waals surface area contributed by atoms with Crippen LogP contribution in [0.25, 0.3) is 10.1 Å². The Morgan fingerprint density at radius 3 is 2.68 bits per heavy atom. The maximum absolute atomic E-state index is 11.5. The molecule has 8 heteroatoms. The van der Waals surface area contributed by atoms with E-state index in [-0.39, 0.29) is 11.5 Å². The summed E-state index contributed by atoms with van der Waals surface area (Å²) >= 11 is 10.7. The van der Waals surface area contributed by atoms with Crippen molar-refractivity contribution in [3.8, 4) is 5.75 Å². The molecule has 0 bridgehead atoms. The second-order valence-corrected chi connectivity index (χ2v) is 7.44. The summed E-state index contributed by atoms with van der Waals surface area (Å²) in [6.45, 7) is 0.0354. The van der Waals surface area contributed by atoms with Gasteiger partial charge in [0, 0.05) is 25.1 Å². The first kappa shape index (κ1) is 17.7. The molecule has 0 aliphatic carbocycles. The van der Waals surface area contributed by atoms with Crippen molar-refractivity contribution in [3.05, 3.63) is 61.9 Å². The lowest BCUT2D eigenvalue weighted by molar-refractivity contribution is 0.0699. The van der Waals surface area contributed by atoms with Crippen molar-refractivity contribution in [1.82, 2.24) is 0 Å². The molecule has 0 atom stereocenters. The molecule has 1 amide bonds. The van der Waals surface area contributed by atoms with Gasteiger partial charge in [0.2, 0.25) is 5.91 Å². The quantitative estimate of drug-likeness (QED) is 0.602. The minimum absolute atomic E-state index is 0.0354. The smallest absolute Gasteiger partial charge is 0.346 e. The molecule has 0 aliphatic rings. The van der Waals surface area contributed by atoms with Crippen LogP contribution in [0, 0.1) is 0 Å². The second kappa shape index (κ2) is 7.03. The van der Waals surface area contributed by atoms with Gasteiger partial charge in [-0.15, -0.1) is 11.3 Å². The third-order valence-electron chi connectivity index (χ3n) is 3.55. The Morgan fingerprint density at radius 2 is 2.04 bits per heavy atom. The van der Waals surface area contributed by atoms with E-state index in [0.29, 0.717) is 31.8 Å². The fourth-order valence-electron chi connectivity index (χ4n) is 2.42. The molecular weight excluding hydrogens is 430 g/mol. The molecule has 1 aromatic heterocycles. The van der Waals surface area contributed by atoms with E-state index in [1.807, 2.05) is 6.07 Å². The topological polar surface area (TPSA) is 89.6 Å². The Kier molecular flexibility index (Phi) is 4.99. The molecule has 0 aliphatic heterocycles. The standard InChI is InChI=1S/C17H11BrClNO4S/c18-11-6-8(4-5-9(11)16(20)21)24-7-10-14-12(19)2-1-3-13(14)25-15(10)17(22)23/h1-6H,7H2,(H2,20,21)(H,22,23). The van der Waals surface area contributed by atoms with Gasteiger partial charge in [0.25, 0.3) is 0 Å². The number of aromatic carboxylic acids is 1. The fraction of sp³-hybridized carbons (Fsp3) is 0.0588. The molecule has 3 N–H and O–H groups in total. The summed E-state index contributed by atoms with van der Waals surface area (Å²) in [7, 11) is 0. The Bertz CT molecular complexity index is 1000. The number of carbonyl (C=O) groups excluding carboxylic acids is 1. The monoisotopic (exact) mass is 439 g/mol. The number of carboxylic acid groups (broad SMARTS) is 1. The van der Waals surface area contributed by atoms with Gasteiger partial charge < -0.3 is 15.6 Å². The van der Waals surface area contributed by atoms with Gasteiger partial charge in [-0.3, -0.25) is 4.79 Å². The van der Waals surface area contributed by atoms with Gasteiger partial charge in [-0.2, -0.15) is 0 Å². The largest absolute Gasteiger partial charge is 0.489 e. The number of hydrogen-bond donors (Lipinski definition) is 2. The summed E-state index contributed by atoms with van der Waals surface area (Å²) in [4.78, 5) is 23.0. The fourth-order valence-corrected chi connectivity index (χ4v) is 4.39. The molecule has 3 rings (SSSR count). The van der Waals surface area contributed by atoms with Crippen LogP contribution in [-0.2, 0) is 6.61 Å². The Hall–Kier alpha value is -2.09. The molecule has 0 saturated heterocycles. The molecule has 0 fully saturated rings. The van der Waals surface area contributed by atoms with Gasteiger partial charge >= 0.3 is 5.97 Å². The van der Waals surface area contributed by atoms with Gasteiger partial charge in [0.1, 0.15) is 17.2 Å². The molecule has 0 spiro atoms. The number of carboxylic acids is 1. The van der Waals surface area contributed by atoms with Crippen molar-refractivity contribution < 1.29 is 19.4 Å². The normalized spacial score (nSPS) is 10.8. The van der Waals surface area contributed by atoms with Gasteiger partial charge in [0.15, 0.2) is 0 Å². The van der Waals surface area contributed by atoms with Crippen molar-refractivity contribution in [2.75, 3.05) is 0 Å². The highest BCUT2D eigenvalue weighted by Gasteiger charge is 2.20. The number of carbonyl (C=O) groups is 2. The average Bonchev–Trinajstić information content (AvgIpc) is 2.93. The zero-order valence-corrected chi connectivity index (χ0v) is 15.7. The van der Waals surface area contributed by atoms with Crippen molar-refractivity contribution in [1.29, 1.82) is 0 Å². The van der Waals surface area contributed by atoms with Gasteiger partial charge in [-0.05, 0) is 46.3 Å². The molecule has 2 aromatic carbocycles. The van der Waals surface area contributed by atoms with Crippen molar-refractivity contribution in [2.45, 2.75) is 6.61 Å². The summed E-state index contributed by atoms with van der Waals surface area (Å²) in [6.07, 6.45) is 0. The van der Waals surface area contributed by atoms with Crippen LogP contribution in [-0.4, -0.2) is 17.0 Å². The highest BCUT2D eigenvalue weighted by molar-refractivity contribution is 9.10. The molecule has 5 nitrogen and oxygen atoms in total. The van der Waals surface area contributed by atoms with E-state index >= 15 is 0 Å². The summed E-state index contributed by atoms with van der Waals surface area (Å²) in [5.41, 5.74) is 6.12. The lowest BCUT2D eigenvalue weighted by Gasteiger charge is -2.09. The van der Waals surface area contributed by atoms with Crippen molar-refractivity contribution in [3.63, 3.8) is 0 Å². The van der Waals surface area contributed by atoms with E-state index < -0.39 is 11.9 Å². The first-order valence-electron chi connectivity index (χ1n) is 7.04. The van der Waals surface area contributed by atoms with E-state index in [1.165, 1.54) is 0 Å². The highest BCUT2D eigenvalue weighted by atomic mass is 79.9. The maximum atomic E-state index is 11.5. The Labute approximate surface area is 160 Å². The van der Waals surface area contributed by atoms with Crippen LogP contribution in [0.15, 0.2) is 40.9 Å². The maximum Gasteiger partial charge on any atom is 0.346 e. The molecule has 1 heterocycles. The number of amides is 1. The predicted molar refractivity (Wildman–Crippen MR) is 101 cm³/mol. The first-order valence-corrected chi connectivity index (χ1v) is 9.02. The zero-order chi connectivity index (χ0) is 18.1. The van der Waals surface area contributed by atoms with E-state index in [0.717, 1.165) is 16.0 Å². The molecular formula is C17H11BrClNO4S. The molecule has 0 radical (unpaired) electrons. The minimum atomic E-state index is -1.03. The number of halogens is 2. The van der Waals surface area contributed by atoms with Crippen LogP contribution >= 0.6 is 38.9 Å². The van der Waals surface area contributed by atoms with Crippen LogP contribution in [0.2, 0.25) is 5.02 Å². The van der Waals surface area contributed by atoms with E-state index in [2.05, 4.69) is 15.9 Å². The number of hydrogen-bond acceptors (Lipinski definition) is 4. The minimum Gasteiger partial charge on any atom is -0.489 e. The first-order chi connectivity index (χ1) is 11.9. The van der Waals surface area contributed by atoms with Crippen LogP contribution in [0.1, 0.15) is 25.6 Å². The third kappa shape index (κ3) is 3.49. The number of rotatable bonds is 5. The van der Waals surface area contributed by atoms with Crippen LogP contribution < -0.4 is 10.5 Å². The SMILES string of the molecule is NC(=O)c1ccc(OCc2c(C(=O)O)sc3cccc(Cl)c23)cc1Br. The van der Waals surface area contributed by atoms with E-state index in [4.69, 9.17) is 22.1 Å². The van der Waals surface area contributed by atoms with E-state index in [1.54, 1.807) is 30.3 Å². The summed E-state index contributed by atoms with van der Waals surface area (Å²) in [6, 6.07) is 10.1. The average molecular weight is 441 g/mol. The van der Waals surface area contributed by atoms with Crippen LogP contribution in [0.3, 0.4) is 0 Å². The van der Waals surface area contributed by atoms with Gasteiger partial charge in [-0.25, -0.2) is 4.79 Å². The molecule has 25 heavy (non-hydrogen) atoms. The predicted octanol–water partition coefficient (Wildman–Crippen LogP) is 4.69. The lowest BCUT2D eigenvalue weighted by Crippen LogP contribution is -2.11. The molecule has 0 saturated carbocycles. The second-order valence-electron chi connectivity index (χ2n) is 5.12. The van der Waals surface area contributed by atoms with Gasteiger partial charge in [0.05, 0.1) is 5.56 Å². The number of fused-ring (bicyclic) bond motifs is 1. The van der Waals surface area contributed by atoms with Crippen molar-refractivity contribution >= 4 is 60.8 Å². The molecule has 0 unspecified atom stereocenters. The summed E-state index contributed by atoms with van der Waals surface area (Å²) in [5.74, 6) is -1.11. The number of benzene rings is 2. The Balaban J connectivity index is 1.96. The third-order valence-corrected chi connectivity index (χ3v) is 5.70. The molecule has 128 valence electrons. The summed E-state index contributed by atoms with van der Waals surface area (Å²) < 4.78 is 7.01. The number of ether oxygens (including phenoxy) is 1. The van der Waals surface area contributed by atoms with E-state index in [9.17, 15) is 14.7 Å². The number of thiophene rings is 1. The van der Waals surface area contributed by atoms with Gasteiger partial charge in [-0.1, -0.05) is 17.7 Å². The summed E-state index contributed by atoms with van der Waals surface area (Å²) in [5, 5.41) is 10.6. The number of primary amides is 1.